The van der Waals surface area contributed by atoms with E-state index in [1.165, 1.54) is 7.11 Å². The number of imidazole rings is 1. The number of Topliss-reactive ketones (excluding diaryl/α,β-unsaturated/α-hetero) is 1. The van der Waals surface area contributed by atoms with E-state index in [0.717, 1.165) is 39.1 Å². The molecule has 0 bridgehead atoms. The number of carbonyl (C=O) groups is 2. The standard InChI is InChI=1S/C24H18N2O3/c1-29-24(28)18-5-2-4-17(14-18)15-8-10-16(11-9-15)23-25-20-7-3-6-19-21(27)12-13-26(23)22(19)20/h2-11,14H,12-13H2,1H3. The Labute approximate surface area is 167 Å². The Bertz CT molecular complexity index is 1270. The fourth-order valence-electron chi connectivity index (χ4n) is 3.95. The molecule has 5 nitrogen and oxygen atoms in total. The van der Waals surface area contributed by atoms with Crippen LogP contribution in [-0.4, -0.2) is 28.4 Å². The third kappa shape index (κ3) is 2.83. The minimum atomic E-state index is -0.350. The predicted octanol–water partition coefficient (Wildman–Crippen LogP) is 4.74. The van der Waals surface area contributed by atoms with Gasteiger partial charge in [0.25, 0.3) is 0 Å². The van der Waals surface area contributed by atoms with E-state index in [1.54, 1.807) is 6.07 Å². The Morgan fingerprint density at radius 2 is 1.72 bits per heavy atom. The van der Waals surface area contributed by atoms with Gasteiger partial charge in [0.15, 0.2) is 5.78 Å². The van der Waals surface area contributed by atoms with E-state index in [2.05, 4.69) is 4.57 Å². The van der Waals surface area contributed by atoms with Crippen molar-refractivity contribution in [3.8, 4) is 22.5 Å². The molecule has 0 unspecified atom stereocenters. The summed E-state index contributed by atoms with van der Waals surface area (Å²) >= 11 is 0. The number of hydrogen-bond acceptors (Lipinski definition) is 4. The van der Waals surface area contributed by atoms with Crippen LogP contribution in [0.15, 0.2) is 66.7 Å². The molecule has 0 amide bonds. The van der Waals surface area contributed by atoms with Crippen molar-refractivity contribution in [2.75, 3.05) is 7.11 Å². The SMILES string of the molecule is COC(=O)c1cccc(-c2ccc(-c3nc4cccc5c4n3CCC5=O)cc2)c1. The van der Waals surface area contributed by atoms with E-state index in [-0.39, 0.29) is 11.8 Å². The highest BCUT2D eigenvalue weighted by Gasteiger charge is 2.23. The van der Waals surface area contributed by atoms with Gasteiger partial charge in [0.05, 0.1) is 23.7 Å². The summed E-state index contributed by atoms with van der Waals surface area (Å²) in [4.78, 5) is 28.8. The number of ketones is 1. The van der Waals surface area contributed by atoms with Crippen LogP contribution in [0.1, 0.15) is 27.1 Å². The van der Waals surface area contributed by atoms with Gasteiger partial charge in [-0.3, -0.25) is 4.79 Å². The number of hydrogen-bond donors (Lipinski definition) is 0. The van der Waals surface area contributed by atoms with Crippen LogP contribution < -0.4 is 0 Å². The first-order valence-electron chi connectivity index (χ1n) is 9.47. The molecule has 0 spiro atoms. The molecule has 5 rings (SSSR count). The number of nitrogens with zero attached hydrogens (tertiary/aromatic N) is 2. The number of carbonyl (C=O) groups excluding carboxylic acids is 2. The highest BCUT2D eigenvalue weighted by molar-refractivity contribution is 6.08. The summed E-state index contributed by atoms with van der Waals surface area (Å²) < 4.78 is 6.95. The molecule has 3 aromatic carbocycles. The van der Waals surface area contributed by atoms with Gasteiger partial charge >= 0.3 is 5.97 Å². The second-order valence-corrected chi connectivity index (χ2v) is 7.08. The molecule has 0 saturated carbocycles. The van der Waals surface area contributed by atoms with E-state index >= 15 is 0 Å². The number of aryl methyl sites for hydroxylation is 1. The second-order valence-electron chi connectivity index (χ2n) is 7.08. The number of para-hydroxylation sites is 1. The van der Waals surface area contributed by atoms with Crippen LogP contribution in [0.25, 0.3) is 33.5 Å². The third-order valence-electron chi connectivity index (χ3n) is 5.39. The van der Waals surface area contributed by atoms with Gasteiger partial charge in [-0.2, -0.15) is 0 Å². The number of methoxy groups -OCH3 is 1. The Morgan fingerprint density at radius 1 is 0.966 bits per heavy atom. The van der Waals surface area contributed by atoms with E-state index in [4.69, 9.17) is 9.72 Å². The molecule has 0 saturated heterocycles. The Morgan fingerprint density at radius 3 is 2.52 bits per heavy atom. The van der Waals surface area contributed by atoms with E-state index < -0.39 is 0 Å². The summed E-state index contributed by atoms with van der Waals surface area (Å²) in [5.74, 6) is 0.696. The summed E-state index contributed by atoms with van der Waals surface area (Å²) in [6.07, 6.45) is 0.494. The zero-order valence-electron chi connectivity index (χ0n) is 15.9. The number of rotatable bonds is 3. The maximum Gasteiger partial charge on any atom is 0.337 e. The van der Waals surface area contributed by atoms with Gasteiger partial charge in [0.1, 0.15) is 5.82 Å². The number of ether oxygens (including phenoxy) is 1. The van der Waals surface area contributed by atoms with Crippen molar-refractivity contribution in [1.29, 1.82) is 0 Å². The summed E-state index contributed by atoms with van der Waals surface area (Å²) in [7, 11) is 1.38. The number of benzene rings is 3. The first-order chi connectivity index (χ1) is 14.2. The van der Waals surface area contributed by atoms with Crippen molar-refractivity contribution < 1.29 is 14.3 Å². The topological polar surface area (TPSA) is 61.2 Å². The minimum absolute atomic E-state index is 0.176. The highest BCUT2D eigenvalue weighted by Crippen LogP contribution is 2.32. The summed E-state index contributed by atoms with van der Waals surface area (Å²) in [5.41, 5.74) is 5.99. The molecule has 29 heavy (non-hydrogen) atoms. The van der Waals surface area contributed by atoms with E-state index in [9.17, 15) is 9.59 Å². The predicted molar refractivity (Wildman–Crippen MR) is 111 cm³/mol. The first kappa shape index (κ1) is 17.4. The second kappa shape index (κ2) is 6.71. The zero-order valence-corrected chi connectivity index (χ0v) is 15.9. The molecule has 0 aliphatic carbocycles. The maximum absolute atomic E-state index is 12.2. The van der Waals surface area contributed by atoms with E-state index in [0.29, 0.717) is 18.5 Å². The monoisotopic (exact) mass is 382 g/mol. The Kier molecular flexibility index (Phi) is 4.02. The van der Waals surface area contributed by atoms with Crippen LogP contribution in [0.3, 0.4) is 0 Å². The lowest BCUT2D eigenvalue weighted by Gasteiger charge is -2.16. The van der Waals surface area contributed by atoms with Crippen molar-refractivity contribution in [3.63, 3.8) is 0 Å². The van der Waals surface area contributed by atoms with Crippen LogP contribution in [0.4, 0.5) is 0 Å². The number of esters is 1. The average molecular weight is 382 g/mol. The smallest absolute Gasteiger partial charge is 0.337 e. The molecule has 0 radical (unpaired) electrons. The zero-order chi connectivity index (χ0) is 20.0. The molecule has 4 aromatic rings. The molecular formula is C24H18N2O3. The molecule has 0 atom stereocenters. The summed E-state index contributed by atoms with van der Waals surface area (Å²) in [5, 5.41) is 0. The molecule has 0 fully saturated rings. The normalized spacial score (nSPS) is 12.9. The van der Waals surface area contributed by atoms with Gasteiger partial charge in [0, 0.05) is 24.1 Å². The maximum atomic E-state index is 12.2. The van der Waals surface area contributed by atoms with Crippen molar-refractivity contribution in [2.24, 2.45) is 0 Å². The van der Waals surface area contributed by atoms with Gasteiger partial charge in [-0.15, -0.1) is 0 Å². The molecule has 5 heteroatoms. The van der Waals surface area contributed by atoms with Gasteiger partial charge in [-0.05, 0) is 35.4 Å². The Balaban J connectivity index is 1.55. The van der Waals surface area contributed by atoms with Crippen LogP contribution >= 0.6 is 0 Å². The van der Waals surface area contributed by atoms with Crippen LogP contribution in [0, 0.1) is 0 Å². The lowest BCUT2D eigenvalue weighted by atomic mass is 10.0. The average Bonchev–Trinajstić information content (AvgIpc) is 3.16. The van der Waals surface area contributed by atoms with Crippen molar-refractivity contribution in [3.05, 3.63) is 77.9 Å². The highest BCUT2D eigenvalue weighted by atomic mass is 16.5. The molecule has 0 N–H and O–H groups in total. The fourth-order valence-corrected chi connectivity index (χ4v) is 3.95. The van der Waals surface area contributed by atoms with Gasteiger partial charge in [-0.1, -0.05) is 42.5 Å². The Hall–Kier alpha value is -3.73. The van der Waals surface area contributed by atoms with Gasteiger partial charge in [0.2, 0.25) is 0 Å². The van der Waals surface area contributed by atoms with Crippen LogP contribution in [0.2, 0.25) is 0 Å². The first-order valence-corrected chi connectivity index (χ1v) is 9.47. The molecular weight excluding hydrogens is 364 g/mol. The van der Waals surface area contributed by atoms with Crippen LogP contribution in [0.5, 0.6) is 0 Å². The molecule has 2 heterocycles. The quantitative estimate of drug-likeness (QED) is 0.480. The molecule has 1 aliphatic rings. The van der Waals surface area contributed by atoms with E-state index in [1.807, 2.05) is 60.7 Å². The molecule has 1 aliphatic heterocycles. The number of aromatic nitrogens is 2. The summed E-state index contributed by atoms with van der Waals surface area (Å²) in [6, 6.07) is 21.2. The van der Waals surface area contributed by atoms with Crippen molar-refractivity contribution in [1.82, 2.24) is 9.55 Å². The third-order valence-corrected chi connectivity index (χ3v) is 5.39. The van der Waals surface area contributed by atoms with Crippen molar-refractivity contribution >= 4 is 22.8 Å². The lowest BCUT2D eigenvalue weighted by molar-refractivity contribution is 0.0600. The largest absolute Gasteiger partial charge is 0.465 e. The fraction of sp³-hybridized carbons (Fsp3) is 0.125. The minimum Gasteiger partial charge on any atom is -0.465 e. The molecule has 1 aromatic heterocycles. The van der Waals surface area contributed by atoms with Gasteiger partial charge in [-0.25, -0.2) is 9.78 Å². The summed E-state index contributed by atoms with van der Waals surface area (Å²) in [6.45, 7) is 0.643. The van der Waals surface area contributed by atoms with Gasteiger partial charge < -0.3 is 9.30 Å². The lowest BCUT2D eigenvalue weighted by Crippen LogP contribution is -2.14. The molecule has 142 valence electrons. The van der Waals surface area contributed by atoms with Crippen molar-refractivity contribution in [2.45, 2.75) is 13.0 Å². The van der Waals surface area contributed by atoms with Crippen LogP contribution in [-0.2, 0) is 11.3 Å².